The fourth-order valence-electron chi connectivity index (χ4n) is 2.86. The van der Waals surface area contributed by atoms with Crippen molar-refractivity contribution in [1.82, 2.24) is 15.5 Å². The summed E-state index contributed by atoms with van der Waals surface area (Å²) < 4.78 is 5.81. The van der Waals surface area contributed by atoms with Crippen LogP contribution in [0.25, 0.3) is 0 Å². The van der Waals surface area contributed by atoms with Crippen molar-refractivity contribution in [3.05, 3.63) is 11.8 Å². The average molecular weight is 249 g/mol. The van der Waals surface area contributed by atoms with Crippen LogP contribution in [-0.2, 0) is 6.42 Å². The number of rotatable bonds is 6. The monoisotopic (exact) mass is 249 g/mol. The molecular weight excluding hydrogens is 226 g/mol. The highest BCUT2D eigenvalue weighted by Gasteiger charge is 2.29. The molecule has 2 aliphatic carbocycles. The van der Waals surface area contributed by atoms with Crippen LogP contribution in [0.4, 0.5) is 0 Å². The summed E-state index contributed by atoms with van der Waals surface area (Å²) >= 11 is 0. The summed E-state index contributed by atoms with van der Waals surface area (Å²) in [6.07, 6.45) is 8.52. The Morgan fingerprint density at radius 3 is 2.83 bits per heavy atom. The zero-order valence-corrected chi connectivity index (χ0v) is 11.2. The van der Waals surface area contributed by atoms with E-state index in [1.54, 1.807) is 0 Å². The maximum atomic E-state index is 5.81. The Balaban J connectivity index is 1.46. The first-order valence-electron chi connectivity index (χ1n) is 7.38. The summed E-state index contributed by atoms with van der Waals surface area (Å²) in [5.41, 5.74) is 0. The van der Waals surface area contributed by atoms with E-state index >= 15 is 0 Å². The van der Waals surface area contributed by atoms with Crippen molar-refractivity contribution >= 4 is 0 Å². The molecule has 0 aliphatic heterocycles. The van der Waals surface area contributed by atoms with Gasteiger partial charge in [-0.2, -0.15) is 0 Å². The third kappa shape index (κ3) is 2.91. The molecule has 2 aliphatic rings. The highest BCUT2D eigenvalue weighted by atomic mass is 16.4. The van der Waals surface area contributed by atoms with Gasteiger partial charge in [-0.25, -0.2) is 0 Å². The van der Waals surface area contributed by atoms with Crippen molar-refractivity contribution in [2.45, 2.75) is 63.8 Å². The maximum absolute atomic E-state index is 5.81. The Labute approximate surface area is 109 Å². The minimum absolute atomic E-state index is 0.510. The summed E-state index contributed by atoms with van der Waals surface area (Å²) in [4.78, 5) is 0. The molecule has 2 saturated carbocycles. The standard InChI is InChI=1S/C14H23N3O/c1-10-4-2-5-12(10)14-17-16-13(18-14)6-3-9-15-11-7-8-11/h10-12,15H,2-9H2,1H3. The largest absolute Gasteiger partial charge is 0.425 e. The van der Waals surface area contributed by atoms with Crippen molar-refractivity contribution in [1.29, 1.82) is 0 Å². The van der Waals surface area contributed by atoms with Crippen molar-refractivity contribution in [3.63, 3.8) is 0 Å². The van der Waals surface area contributed by atoms with Gasteiger partial charge in [-0.3, -0.25) is 0 Å². The Morgan fingerprint density at radius 1 is 1.22 bits per heavy atom. The second-order valence-corrected chi connectivity index (χ2v) is 5.88. The van der Waals surface area contributed by atoms with Crippen LogP contribution in [-0.4, -0.2) is 22.8 Å². The Kier molecular flexibility index (Phi) is 3.64. The molecule has 0 amide bonds. The zero-order valence-electron chi connectivity index (χ0n) is 11.2. The Hall–Kier alpha value is -0.900. The van der Waals surface area contributed by atoms with Gasteiger partial charge in [0.05, 0.1) is 0 Å². The normalized spacial score (nSPS) is 27.8. The molecule has 4 heteroatoms. The molecule has 4 nitrogen and oxygen atoms in total. The minimum Gasteiger partial charge on any atom is -0.425 e. The first kappa shape index (κ1) is 12.2. The SMILES string of the molecule is CC1CCCC1c1nnc(CCCNC2CC2)o1. The van der Waals surface area contributed by atoms with Gasteiger partial charge in [0.2, 0.25) is 11.8 Å². The second-order valence-electron chi connectivity index (χ2n) is 5.88. The quantitative estimate of drug-likeness (QED) is 0.787. The van der Waals surface area contributed by atoms with Crippen LogP contribution < -0.4 is 5.32 Å². The molecule has 0 bridgehead atoms. The molecule has 0 aromatic carbocycles. The van der Waals surface area contributed by atoms with E-state index < -0.39 is 0 Å². The molecule has 1 aromatic heterocycles. The van der Waals surface area contributed by atoms with Gasteiger partial charge < -0.3 is 9.73 Å². The molecule has 2 fully saturated rings. The maximum Gasteiger partial charge on any atom is 0.219 e. The first-order valence-corrected chi connectivity index (χ1v) is 7.38. The predicted octanol–water partition coefficient (Wildman–Crippen LogP) is 2.66. The van der Waals surface area contributed by atoms with Crippen LogP contribution in [0, 0.1) is 5.92 Å². The smallest absolute Gasteiger partial charge is 0.219 e. The lowest BCUT2D eigenvalue weighted by atomic mass is 9.98. The Morgan fingerprint density at radius 2 is 2.11 bits per heavy atom. The molecule has 100 valence electrons. The van der Waals surface area contributed by atoms with Crippen LogP contribution in [0.3, 0.4) is 0 Å². The van der Waals surface area contributed by atoms with Crippen LogP contribution >= 0.6 is 0 Å². The first-order chi connectivity index (χ1) is 8.83. The summed E-state index contributed by atoms with van der Waals surface area (Å²) in [6, 6.07) is 0.794. The third-order valence-electron chi connectivity index (χ3n) is 4.24. The van der Waals surface area contributed by atoms with Crippen LogP contribution in [0.2, 0.25) is 0 Å². The van der Waals surface area contributed by atoms with Crippen LogP contribution in [0.1, 0.15) is 63.1 Å². The van der Waals surface area contributed by atoms with E-state index in [9.17, 15) is 0 Å². The molecule has 1 N–H and O–H groups in total. The number of nitrogens with one attached hydrogen (secondary N) is 1. The van der Waals surface area contributed by atoms with Gasteiger partial charge in [0, 0.05) is 18.4 Å². The molecule has 0 saturated heterocycles. The fraction of sp³-hybridized carbons (Fsp3) is 0.857. The van der Waals surface area contributed by atoms with Gasteiger partial charge in [0.15, 0.2) is 0 Å². The molecule has 2 atom stereocenters. The van der Waals surface area contributed by atoms with E-state index in [1.807, 2.05) is 0 Å². The number of aryl methyl sites for hydroxylation is 1. The van der Waals surface area contributed by atoms with Crippen molar-refractivity contribution in [2.24, 2.45) is 5.92 Å². The molecule has 1 heterocycles. The molecule has 0 spiro atoms. The third-order valence-corrected chi connectivity index (χ3v) is 4.24. The number of hydrogen-bond donors (Lipinski definition) is 1. The van der Waals surface area contributed by atoms with Gasteiger partial charge in [-0.15, -0.1) is 10.2 Å². The number of nitrogens with zero attached hydrogens (tertiary/aromatic N) is 2. The van der Waals surface area contributed by atoms with E-state index in [0.29, 0.717) is 11.8 Å². The zero-order chi connectivity index (χ0) is 12.4. The van der Waals surface area contributed by atoms with Crippen LogP contribution in [0.5, 0.6) is 0 Å². The lowest BCUT2D eigenvalue weighted by Crippen LogP contribution is -2.17. The minimum atomic E-state index is 0.510. The summed E-state index contributed by atoms with van der Waals surface area (Å²) in [5, 5.41) is 11.9. The van der Waals surface area contributed by atoms with Gasteiger partial charge in [0.25, 0.3) is 0 Å². The van der Waals surface area contributed by atoms with E-state index in [-0.39, 0.29) is 0 Å². The highest BCUT2D eigenvalue weighted by Crippen LogP contribution is 2.38. The summed E-state index contributed by atoms with van der Waals surface area (Å²) in [5.74, 6) is 2.91. The summed E-state index contributed by atoms with van der Waals surface area (Å²) in [7, 11) is 0. The highest BCUT2D eigenvalue weighted by molar-refractivity contribution is 4.97. The predicted molar refractivity (Wildman–Crippen MR) is 69.4 cm³/mol. The molecule has 1 aromatic rings. The van der Waals surface area contributed by atoms with Crippen LogP contribution in [0.15, 0.2) is 4.42 Å². The van der Waals surface area contributed by atoms with Gasteiger partial charge >= 0.3 is 0 Å². The molecular formula is C14H23N3O. The molecule has 0 radical (unpaired) electrons. The second kappa shape index (κ2) is 5.39. The van der Waals surface area contributed by atoms with Gasteiger partial charge in [-0.05, 0) is 44.6 Å². The van der Waals surface area contributed by atoms with E-state index in [4.69, 9.17) is 4.42 Å². The molecule has 3 rings (SSSR count). The summed E-state index contributed by atoms with van der Waals surface area (Å²) in [6.45, 7) is 3.36. The van der Waals surface area contributed by atoms with Crippen molar-refractivity contribution in [3.8, 4) is 0 Å². The van der Waals surface area contributed by atoms with E-state index in [1.165, 1.54) is 32.1 Å². The lowest BCUT2D eigenvalue weighted by molar-refractivity contribution is 0.377. The van der Waals surface area contributed by atoms with Gasteiger partial charge in [0.1, 0.15) is 0 Å². The molecule has 2 unspecified atom stereocenters. The topological polar surface area (TPSA) is 51.0 Å². The van der Waals surface area contributed by atoms with Crippen molar-refractivity contribution in [2.75, 3.05) is 6.54 Å². The molecule has 18 heavy (non-hydrogen) atoms. The van der Waals surface area contributed by atoms with Gasteiger partial charge in [-0.1, -0.05) is 13.3 Å². The average Bonchev–Trinajstić information content (AvgIpc) is 2.90. The van der Waals surface area contributed by atoms with Crippen molar-refractivity contribution < 1.29 is 4.42 Å². The Bertz CT molecular complexity index is 386. The lowest BCUT2D eigenvalue weighted by Gasteiger charge is -2.09. The van der Waals surface area contributed by atoms with E-state index in [2.05, 4.69) is 22.4 Å². The number of aromatic nitrogens is 2. The van der Waals surface area contributed by atoms with E-state index in [0.717, 1.165) is 37.2 Å². The number of hydrogen-bond acceptors (Lipinski definition) is 4. The fourth-order valence-corrected chi connectivity index (χ4v) is 2.86.